The normalized spacial score (nSPS) is 12.2. The Kier molecular flexibility index (Phi) is 8.89. The average Bonchev–Trinajstić information content (AvgIpc) is 2.33. The summed E-state index contributed by atoms with van der Waals surface area (Å²) in [5, 5.41) is 22.0. The van der Waals surface area contributed by atoms with Crippen LogP contribution in [0.4, 0.5) is 4.79 Å². The van der Waals surface area contributed by atoms with Crippen LogP contribution in [0.2, 0.25) is 0 Å². The van der Waals surface area contributed by atoms with Gasteiger partial charge in [-0.2, -0.15) is 0 Å². The van der Waals surface area contributed by atoms with Crippen LogP contribution in [0.25, 0.3) is 0 Å². The first-order chi connectivity index (χ1) is 8.51. The number of aliphatic hydroxyl groups excluding tert-OH is 1. The van der Waals surface area contributed by atoms with Gasteiger partial charge in [0.1, 0.15) is 0 Å². The number of carbonyl (C=O) groups excluding carboxylic acids is 1. The van der Waals surface area contributed by atoms with Gasteiger partial charge in [-0.15, -0.1) is 0 Å². The number of carboxylic acids is 1. The van der Waals surface area contributed by atoms with Gasteiger partial charge in [-0.25, -0.2) is 9.59 Å². The Morgan fingerprint density at radius 2 is 2.06 bits per heavy atom. The fourth-order valence-electron chi connectivity index (χ4n) is 1.11. The molecule has 18 heavy (non-hydrogen) atoms. The van der Waals surface area contributed by atoms with Crippen molar-refractivity contribution in [3.63, 3.8) is 0 Å². The van der Waals surface area contributed by atoms with E-state index in [1.54, 1.807) is 7.11 Å². The quantitative estimate of drug-likeness (QED) is 0.395. The number of nitrogens with zero attached hydrogens (tertiary/aromatic N) is 1. The lowest BCUT2D eigenvalue weighted by Crippen LogP contribution is -2.49. The summed E-state index contributed by atoms with van der Waals surface area (Å²) in [6.45, 7) is 1.70. The minimum Gasteiger partial charge on any atom is -0.480 e. The molecule has 8 heteroatoms. The molecule has 4 N–H and O–H groups in total. The molecular weight excluding hydrogens is 242 g/mol. The van der Waals surface area contributed by atoms with E-state index < -0.39 is 24.6 Å². The second-order valence-corrected chi connectivity index (χ2v) is 3.77. The molecule has 106 valence electrons. The summed E-state index contributed by atoms with van der Waals surface area (Å²) in [5.74, 6) is -1.27. The fraction of sp³-hybridized carbons (Fsp3) is 0.800. The molecule has 0 radical (unpaired) electrons. The summed E-state index contributed by atoms with van der Waals surface area (Å²) in [5.41, 5.74) is 0. The third-order valence-corrected chi connectivity index (χ3v) is 2.24. The van der Waals surface area contributed by atoms with Crippen molar-refractivity contribution >= 4 is 12.0 Å². The third-order valence-electron chi connectivity index (χ3n) is 2.24. The maximum Gasteiger partial charge on any atom is 0.328 e. The Labute approximate surface area is 106 Å². The van der Waals surface area contributed by atoms with Gasteiger partial charge >= 0.3 is 12.0 Å². The number of carbonyl (C=O) groups is 2. The molecule has 0 heterocycles. The Balaban J connectivity index is 3.73. The molecule has 0 unspecified atom stereocenters. The van der Waals surface area contributed by atoms with Gasteiger partial charge in [-0.3, -0.25) is 0 Å². The van der Waals surface area contributed by atoms with Crippen LogP contribution in [-0.4, -0.2) is 80.2 Å². The second kappa shape index (κ2) is 9.63. The molecule has 0 fully saturated rings. The highest BCUT2D eigenvalue weighted by Gasteiger charge is 2.18. The van der Waals surface area contributed by atoms with Crippen LogP contribution in [-0.2, 0) is 9.53 Å². The molecule has 0 aromatic heterocycles. The minimum absolute atomic E-state index is 0.379. The van der Waals surface area contributed by atoms with Crippen molar-refractivity contribution in [1.29, 1.82) is 0 Å². The van der Waals surface area contributed by atoms with Crippen LogP contribution in [0.15, 0.2) is 0 Å². The van der Waals surface area contributed by atoms with E-state index in [-0.39, 0.29) is 0 Å². The van der Waals surface area contributed by atoms with Crippen molar-refractivity contribution in [2.45, 2.75) is 6.04 Å². The Morgan fingerprint density at radius 1 is 1.39 bits per heavy atom. The Morgan fingerprint density at radius 3 is 2.56 bits per heavy atom. The molecule has 0 aliphatic carbocycles. The van der Waals surface area contributed by atoms with Crippen LogP contribution in [0.3, 0.4) is 0 Å². The van der Waals surface area contributed by atoms with Crippen LogP contribution in [0.5, 0.6) is 0 Å². The van der Waals surface area contributed by atoms with Gasteiger partial charge in [0.25, 0.3) is 0 Å². The molecule has 0 aromatic rings. The number of ether oxygens (including phenoxy) is 1. The number of urea groups is 1. The van der Waals surface area contributed by atoms with Gasteiger partial charge in [0.15, 0.2) is 6.04 Å². The molecule has 0 bridgehead atoms. The SMILES string of the molecule is COCCN(C)CCNC(=O)N[C@H](CO)C(=O)O. The monoisotopic (exact) mass is 263 g/mol. The summed E-state index contributed by atoms with van der Waals surface area (Å²) in [6, 6.07) is -1.90. The van der Waals surface area contributed by atoms with Gasteiger partial charge in [-0.1, -0.05) is 0 Å². The topological polar surface area (TPSA) is 111 Å². The first kappa shape index (κ1) is 16.6. The zero-order valence-electron chi connectivity index (χ0n) is 10.7. The zero-order chi connectivity index (χ0) is 14.0. The molecular formula is C10H21N3O5. The largest absolute Gasteiger partial charge is 0.480 e. The molecule has 0 saturated heterocycles. The van der Waals surface area contributed by atoms with E-state index in [0.717, 1.165) is 6.54 Å². The highest BCUT2D eigenvalue weighted by molar-refractivity contribution is 5.82. The van der Waals surface area contributed by atoms with Crippen LogP contribution < -0.4 is 10.6 Å². The third kappa shape index (κ3) is 7.82. The summed E-state index contributed by atoms with van der Waals surface area (Å²) < 4.78 is 4.90. The van der Waals surface area contributed by atoms with Gasteiger partial charge in [0.05, 0.1) is 13.2 Å². The van der Waals surface area contributed by atoms with Gasteiger partial charge in [0, 0.05) is 26.7 Å². The molecule has 0 saturated carbocycles. The van der Waals surface area contributed by atoms with E-state index in [0.29, 0.717) is 19.7 Å². The van der Waals surface area contributed by atoms with Crippen LogP contribution in [0.1, 0.15) is 0 Å². The summed E-state index contributed by atoms with van der Waals surface area (Å²) in [7, 11) is 3.49. The molecule has 0 spiro atoms. The smallest absolute Gasteiger partial charge is 0.328 e. The highest BCUT2D eigenvalue weighted by atomic mass is 16.5. The lowest BCUT2D eigenvalue weighted by molar-refractivity contribution is -0.140. The average molecular weight is 263 g/mol. The van der Waals surface area contributed by atoms with E-state index in [2.05, 4.69) is 10.6 Å². The summed E-state index contributed by atoms with van der Waals surface area (Å²) in [4.78, 5) is 23.8. The molecule has 0 aromatic carbocycles. The molecule has 1 atom stereocenters. The number of amides is 2. The fourth-order valence-corrected chi connectivity index (χ4v) is 1.11. The number of aliphatic hydroxyl groups is 1. The maximum absolute atomic E-state index is 11.3. The maximum atomic E-state index is 11.3. The number of carboxylic acid groups (broad SMARTS) is 1. The predicted octanol–water partition coefficient (Wildman–Crippen LogP) is -1.69. The van der Waals surface area contributed by atoms with Crippen molar-refractivity contribution in [3.05, 3.63) is 0 Å². The number of methoxy groups -OCH3 is 1. The number of rotatable bonds is 9. The van der Waals surface area contributed by atoms with Crippen LogP contribution in [0, 0.1) is 0 Å². The number of hydrogen-bond acceptors (Lipinski definition) is 5. The van der Waals surface area contributed by atoms with Crippen LogP contribution >= 0.6 is 0 Å². The van der Waals surface area contributed by atoms with Crippen molar-refractivity contribution in [2.75, 3.05) is 47.0 Å². The van der Waals surface area contributed by atoms with Crippen molar-refractivity contribution in [2.24, 2.45) is 0 Å². The lowest BCUT2D eigenvalue weighted by atomic mass is 10.3. The van der Waals surface area contributed by atoms with E-state index in [1.807, 2.05) is 11.9 Å². The summed E-state index contributed by atoms with van der Waals surface area (Å²) in [6.07, 6.45) is 0. The molecule has 0 aliphatic rings. The first-order valence-electron chi connectivity index (χ1n) is 5.56. The van der Waals surface area contributed by atoms with Crippen molar-refractivity contribution in [3.8, 4) is 0 Å². The standard InChI is InChI=1S/C10H21N3O5/c1-13(5-6-18-2)4-3-11-10(17)12-8(7-14)9(15)16/h8,14H,3-7H2,1-2H3,(H,15,16)(H2,11,12,17)/t8-/m1/s1. The number of likely N-dealkylation sites (N-methyl/N-ethyl adjacent to an activating group) is 1. The van der Waals surface area contributed by atoms with Gasteiger partial charge in [0.2, 0.25) is 0 Å². The Hall–Kier alpha value is -1.38. The van der Waals surface area contributed by atoms with E-state index in [9.17, 15) is 9.59 Å². The Bertz CT molecular complexity index is 262. The first-order valence-corrected chi connectivity index (χ1v) is 5.56. The van der Waals surface area contributed by atoms with E-state index >= 15 is 0 Å². The molecule has 0 aliphatic heterocycles. The lowest BCUT2D eigenvalue weighted by Gasteiger charge is -2.17. The molecule has 8 nitrogen and oxygen atoms in total. The summed E-state index contributed by atoms with van der Waals surface area (Å²) >= 11 is 0. The van der Waals surface area contributed by atoms with E-state index in [4.69, 9.17) is 14.9 Å². The van der Waals surface area contributed by atoms with Crippen molar-refractivity contribution < 1.29 is 24.5 Å². The number of hydrogen-bond donors (Lipinski definition) is 4. The minimum atomic E-state index is -1.28. The zero-order valence-corrected chi connectivity index (χ0v) is 10.7. The molecule has 2 amide bonds. The van der Waals surface area contributed by atoms with Crippen molar-refractivity contribution in [1.82, 2.24) is 15.5 Å². The molecule has 0 rings (SSSR count). The second-order valence-electron chi connectivity index (χ2n) is 3.77. The van der Waals surface area contributed by atoms with Gasteiger partial charge < -0.3 is 30.5 Å². The predicted molar refractivity (Wildman–Crippen MR) is 64.4 cm³/mol. The number of nitrogens with one attached hydrogen (secondary N) is 2. The van der Waals surface area contributed by atoms with Gasteiger partial charge in [-0.05, 0) is 7.05 Å². The van der Waals surface area contributed by atoms with E-state index in [1.165, 1.54) is 0 Å². The highest BCUT2D eigenvalue weighted by Crippen LogP contribution is 1.83. The number of aliphatic carboxylic acids is 1.